The standard InChI is InChI=1S/C8H13N3O2/c12-7-5-11(8(13)10-7)4-6-1-2-9-3-6/h6,9H,1-5H2,(H,10,12,13). The summed E-state index contributed by atoms with van der Waals surface area (Å²) in [6, 6.07) is -0.239. The second kappa shape index (κ2) is 3.33. The van der Waals surface area contributed by atoms with E-state index in [0.717, 1.165) is 19.5 Å². The van der Waals surface area contributed by atoms with Crippen LogP contribution in [0.25, 0.3) is 0 Å². The van der Waals surface area contributed by atoms with Crippen molar-refractivity contribution >= 4 is 11.9 Å². The molecule has 72 valence electrons. The lowest BCUT2D eigenvalue weighted by atomic mass is 10.1. The zero-order chi connectivity index (χ0) is 9.26. The van der Waals surface area contributed by atoms with E-state index < -0.39 is 0 Å². The first-order chi connectivity index (χ1) is 6.25. The molecule has 5 nitrogen and oxygen atoms in total. The van der Waals surface area contributed by atoms with E-state index >= 15 is 0 Å². The molecule has 0 spiro atoms. The van der Waals surface area contributed by atoms with Gasteiger partial charge >= 0.3 is 6.03 Å². The number of hydrogen-bond acceptors (Lipinski definition) is 3. The second-order valence-electron chi connectivity index (χ2n) is 3.59. The van der Waals surface area contributed by atoms with Gasteiger partial charge in [0.2, 0.25) is 5.91 Å². The molecule has 2 heterocycles. The average molecular weight is 183 g/mol. The van der Waals surface area contributed by atoms with Gasteiger partial charge in [-0.3, -0.25) is 10.1 Å². The van der Waals surface area contributed by atoms with Gasteiger partial charge in [-0.2, -0.15) is 0 Å². The Hall–Kier alpha value is -1.10. The van der Waals surface area contributed by atoms with Crippen LogP contribution in [0.1, 0.15) is 6.42 Å². The van der Waals surface area contributed by atoms with Crippen LogP contribution in [0.5, 0.6) is 0 Å². The Labute approximate surface area is 76.5 Å². The molecule has 0 aromatic heterocycles. The van der Waals surface area contributed by atoms with Crippen LogP contribution in [0.2, 0.25) is 0 Å². The number of hydrogen-bond donors (Lipinski definition) is 2. The van der Waals surface area contributed by atoms with E-state index in [4.69, 9.17) is 0 Å². The maximum absolute atomic E-state index is 11.1. The van der Waals surface area contributed by atoms with Gasteiger partial charge in [-0.25, -0.2) is 4.79 Å². The minimum absolute atomic E-state index is 0.184. The quantitative estimate of drug-likeness (QED) is 0.548. The van der Waals surface area contributed by atoms with Crippen molar-refractivity contribution < 1.29 is 9.59 Å². The summed E-state index contributed by atoms with van der Waals surface area (Å²) in [4.78, 5) is 23.6. The third-order valence-electron chi connectivity index (χ3n) is 2.51. The zero-order valence-electron chi connectivity index (χ0n) is 7.38. The zero-order valence-corrected chi connectivity index (χ0v) is 7.38. The highest BCUT2D eigenvalue weighted by Gasteiger charge is 2.29. The largest absolute Gasteiger partial charge is 0.324 e. The van der Waals surface area contributed by atoms with E-state index in [9.17, 15) is 9.59 Å². The van der Waals surface area contributed by atoms with Gasteiger partial charge in [-0.1, -0.05) is 0 Å². The molecule has 0 saturated carbocycles. The fourth-order valence-electron chi connectivity index (χ4n) is 1.81. The summed E-state index contributed by atoms with van der Waals surface area (Å²) in [6.45, 7) is 2.91. The monoisotopic (exact) mass is 183 g/mol. The van der Waals surface area contributed by atoms with Crippen LogP contribution in [0.3, 0.4) is 0 Å². The SMILES string of the molecule is O=C1CN(CC2CCNC2)C(=O)N1. The molecule has 1 atom stereocenters. The molecule has 0 aliphatic carbocycles. The number of nitrogens with one attached hydrogen (secondary N) is 2. The maximum atomic E-state index is 11.1. The van der Waals surface area contributed by atoms with Crippen LogP contribution in [0.15, 0.2) is 0 Å². The molecule has 2 N–H and O–H groups in total. The highest BCUT2D eigenvalue weighted by atomic mass is 16.2. The van der Waals surface area contributed by atoms with Crippen molar-refractivity contribution in [3.63, 3.8) is 0 Å². The number of rotatable bonds is 2. The van der Waals surface area contributed by atoms with Crippen molar-refractivity contribution in [2.75, 3.05) is 26.2 Å². The third kappa shape index (κ3) is 1.80. The lowest BCUT2D eigenvalue weighted by Crippen LogP contribution is -2.33. The predicted molar refractivity (Wildman–Crippen MR) is 46.1 cm³/mol. The van der Waals surface area contributed by atoms with Crippen LogP contribution >= 0.6 is 0 Å². The molecule has 0 aromatic carbocycles. The third-order valence-corrected chi connectivity index (χ3v) is 2.51. The number of carbonyl (C=O) groups is 2. The smallest absolute Gasteiger partial charge is 0.316 e. The first-order valence-corrected chi connectivity index (χ1v) is 4.55. The Balaban J connectivity index is 1.87. The molecule has 0 bridgehead atoms. The van der Waals surface area contributed by atoms with Gasteiger partial charge in [0.05, 0.1) is 0 Å². The minimum atomic E-state index is -0.239. The molecule has 2 saturated heterocycles. The van der Waals surface area contributed by atoms with E-state index in [1.807, 2.05) is 0 Å². The molecule has 2 rings (SSSR count). The summed E-state index contributed by atoms with van der Waals surface area (Å²) in [5.74, 6) is 0.326. The van der Waals surface area contributed by atoms with Gasteiger partial charge in [0.1, 0.15) is 6.54 Å². The summed E-state index contributed by atoms with van der Waals surface area (Å²) in [7, 11) is 0. The van der Waals surface area contributed by atoms with E-state index in [-0.39, 0.29) is 18.5 Å². The maximum Gasteiger partial charge on any atom is 0.324 e. The van der Waals surface area contributed by atoms with Gasteiger partial charge in [-0.05, 0) is 25.4 Å². The molecular weight excluding hydrogens is 170 g/mol. The van der Waals surface area contributed by atoms with Crippen molar-refractivity contribution in [2.24, 2.45) is 5.92 Å². The summed E-state index contributed by atoms with van der Waals surface area (Å²) in [5.41, 5.74) is 0. The molecule has 2 aliphatic heterocycles. The molecule has 2 aliphatic rings. The fourth-order valence-corrected chi connectivity index (χ4v) is 1.81. The first kappa shape index (κ1) is 8.50. The number of urea groups is 1. The number of carbonyl (C=O) groups excluding carboxylic acids is 2. The summed E-state index contributed by atoms with van der Waals surface area (Å²) in [6.07, 6.45) is 1.10. The van der Waals surface area contributed by atoms with E-state index in [1.54, 1.807) is 4.90 Å². The van der Waals surface area contributed by atoms with Crippen LogP contribution in [0.4, 0.5) is 4.79 Å². The van der Waals surface area contributed by atoms with Gasteiger partial charge in [-0.15, -0.1) is 0 Å². The predicted octanol–water partition coefficient (Wildman–Crippen LogP) is -0.852. The number of imide groups is 1. The average Bonchev–Trinajstić information content (AvgIpc) is 2.63. The molecule has 5 heteroatoms. The van der Waals surface area contributed by atoms with Gasteiger partial charge in [0.25, 0.3) is 0 Å². The van der Waals surface area contributed by atoms with Gasteiger partial charge in [0, 0.05) is 6.54 Å². The minimum Gasteiger partial charge on any atom is -0.316 e. The van der Waals surface area contributed by atoms with Crippen molar-refractivity contribution in [1.82, 2.24) is 15.5 Å². The van der Waals surface area contributed by atoms with Crippen molar-refractivity contribution in [3.05, 3.63) is 0 Å². The van der Waals surface area contributed by atoms with Crippen LogP contribution < -0.4 is 10.6 Å². The summed E-state index contributed by atoms with van der Waals surface area (Å²) >= 11 is 0. The molecule has 0 aromatic rings. The molecule has 1 unspecified atom stereocenters. The molecule has 0 radical (unpaired) electrons. The number of nitrogens with zero attached hydrogens (tertiary/aromatic N) is 1. The molecule has 2 fully saturated rings. The van der Waals surface area contributed by atoms with Crippen LogP contribution in [0, 0.1) is 5.92 Å². The lowest BCUT2D eigenvalue weighted by Gasteiger charge is -2.16. The Morgan fingerprint density at radius 1 is 1.46 bits per heavy atom. The first-order valence-electron chi connectivity index (χ1n) is 4.55. The van der Waals surface area contributed by atoms with E-state index in [0.29, 0.717) is 12.5 Å². The highest BCUT2D eigenvalue weighted by molar-refractivity contribution is 6.01. The Morgan fingerprint density at radius 3 is 2.85 bits per heavy atom. The summed E-state index contributed by atoms with van der Waals surface area (Å²) < 4.78 is 0. The molecule has 3 amide bonds. The summed E-state index contributed by atoms with van der Waals surface area (Å²) in [5, 5.41) is 5.50. The topological polar surface area (TPSA) is 61.4 Å². The van der Waals surface area contributed by atoms with Gasteiger partial charge in [0.15, 0.2) is 0 Å². The Morgan fingerprint density at radius 2 is 2.31 bits per heavy atom. The van der Waals surface area contributed by atoms with E-state index in [2.05, 4.69) is 10.6 Å². The number of amides is 3. The normalized spacial score (nSPS) is 28.3. The highest BCUT2D eigenvalue weighted by Crippen LogP contribution is 2.11. The molecule has 13 heavy (non-hydrogen) atoms. The van der Waals surface area contributed by atoms with Gasteiger partial charge < -0.3 is 10.2 Å². The van der Waals surface area contributed by atoms with Crippen LogP contribution in [-0.4, -0.2) is 43.0 Å². The second-order valence-corrected chi connectivity index (χ2v) is 3.59. The fraction of sp³-hybridized carbons (Fsp3) is 0.750. The van der Waals surface area contributed by atoms with Crippen molar-refractivity contribution in [1.29, 1.82) is 0 Å². The Kier molecular flexibility index (Phi) is 2.18. The lowest BCUT2D eigenvalue weighted by molar-refractivity contribution is -0.118. The van der Waals surface area contributed by atoms with Crippen molar-refractivity contribution in [3.8, 4) is 0 Å². The van der Waals surface area contributed by atoms with Crippen molar-refractivity contribution in [2.45, 2.75) is 6.42 Å². The Bertz CT molecular complexity index is 236. The molecular formula is C8H13N3O2. The van der Waals surface area contributed by atoms with E-state index in [1.165, 1.54) is 0 Å². The van der Waals surface area contributed by atoms with Crippen LogP contribution in [-0.2, 0) is 4.79 Å².